The minimum absolute atomic E-state index is 0.0383. The van der Waals surface area contributed by atoms with E-state index in [0.29, 0.717) is 0 Å². The Bertz CT molecular complexity index is 1880. The SMILES string of the molecule is Nc1nc2c(ncn2[C@@H]2O[C@@H]3COP(O)(=S)O[C@H]4[C@H](F)[C@H](n5cnc6c5N=CCC6=O)O[C@@H]4COP(=S)(S)O[C@@H]2[C@@H]3F)c(=O)[nH]1. The number of imidazole rings is 2. The van der Waals surface area contributed by atoms with Gasteiger partial charge in [-0.3, -0.25) is 28.2 Å². The molecule has 2 bridgehead atoms. The maximum absolute atomic E-state index is 16.0. The van der Waals surface area contributed by atoms with Crippen molar-refractivity contribution in [3.8, 4) is 0 Å². The highest BCUT2D eigenvalue weighted by atomic mass is 32.9. The Labute approximate surface area is 266 Å². The third-order valence-electron chi connectivity index (χ3n) is 7.37. The second-order valence-corrected chi connectivity index (χ2v) is 18.3. The molecule has 3 saturated heterocycles. The fourth-order valence-electron chi connectivity index (χ4n) is 5.35. The number of aromatic amines is 1. The van der Waals surface area contributed by atoms with Crippen LogP contribution in [0.15, 0.2) is 22.4 Å². The number of carbonyl (C=O) groups is 1. The number of ether oxygens (including phenoxy) is 2. The molecule has 17 nitrogen and oxygen atoms in total. The number of alkyl halides is 2. The molecule has 3 aromatic heterocycles. The molecule has 0 radical (unpaired) electrons. The lowest BCUT2D eigenvalue weighted by molar-refractivity contribution is -0.0557. The van der Waals surface area contributed by atoms with Crippen LogP contribution in [0.2, 0.25) is 0 Å². The van der Waals surface area contributed by atoms with Gasteiger partial charge in [0.1, 0.15) is 24.4 Å². The van der Waals surface area contributed by atoms with Gasteiger partial charge in [-0.15, -0.1) is 0 Å². The largest absolute Gasteiger partial charge is 0.369 e. The number of aliphatic imine (C=N–C) groups is 1. The van der Waals surface area contributed by atoms with Crippen molar-refractivity contribution in [3.05, 3.63) is 28.7 Å². The summed E-state index contributed by atoms with van der Waals surface area (Å²) < 4.78 is 68.8. The molecule has 10 atom stereocenters. The van der Waals surface area contributed by atoms with E-state index in [1.807, 2.05) is 0 Å². The predicted molar refractivity (Wildman–Crippen MR) is 161 cm³/mol. The summed E-state index contributed by atoms with van der Waals surface area (Å²) in [5.74, 6) is -0.456. The number of nitrogens with two attached hydrogens (primary N) is 1. The van der Waals surface area contributed by atoms with Crippen molar-refractivity contribution in [2.45, 2.75) is 55.6 Å². The third-order valence-corrected chi connectivity index (χ3v) is 11.1. The Balaban J connectivity index is 1.20. The van der Waals surface area contributed by atoms with E-state index in [4.69, 9.17) is 56.9 Å². The number of halogens is 2. The molecule has 7 rings (SSSR count). The van der Waals surface area contributed by atoms with E-state index >= 15 is 8.78 Å². The number of nitrogens with zero attached hydrogens (tertiary/aromatic N) is 6. The number of hydrogen-bond donors (Lipinski definition) is 4. The van der Waals surface area contributed by atoms with E-state index in [0.717, 1.165) is 0 Å². The van der Waals surface area contributed by atoms with Crippen molar-refractivity contribution in [3.63, 3.8) is 0 Å². The molecule has 0 spiro atoms. The average Bonchev–Trinajstić information content (AvgIpc) is 3.72. The summed E-state index contributed by atoms with van der Waals surface area (Å²) in [4.78, 5) is 54.1. The van der Waals surface area contributed by atoms with Crippen LogP contribution in [-0.2, 0) is 51.2 Å². The van der Waals surface area contributed by atoms with Gasteiger partial charge in [0.25, 0.3) is 5.56 Å². The molecule has 4 aliphatic rings. The number of thiol groups is 1. The number of fused-ring (bicyclic) bond motifs is 5. The topological polar surface area (TPSA) is 212 Å². The molecule has 7 heterocycles. The maximum Gasteiger partial charge on any atom is 0.325 e. The number of carbonyl (C=O) groups excluding carboxylic acids is 1. The summed E-state index contributed by atoms with van der Waals surface area (Å²) in [5.41, 5.74) is 1.29. The summed E-state index contributed by atoms with van der Waals surface area (Å²) in [5, 5.41) is 0. The van der Waals surface area contributed by atoms with Crippen LogP contribution in [0.25, 0.3) is 11.2 Å². The normalized spacial score (nSPS) is 38.8. The van der Waals surface area contributed by atoms with Crippen LogP contribution < -0.4 is 11.3 Å². The monoisotopic (exact) mass is 726 g/mol. The van der Waals surface area contributed by atoms with E-state index in [1.54, 1.807) is 0 Å². The zero-order valence-electron chi connectivity index (χ0n) is 22.4. The first kappa shape index (κ1) is 31.5. The highest BCUT2D eigenvalue weighted by molar-refractivity contribution is 8.60. The third kappa shape index (κ3) is 5.74. The van der Waals surface area contributed by atoms with Gasteiger partial charge in [-0.25, -0.2) is 23.7 Å². The Morgan fingerprint density at radius 2 is 1.76 bits per heavy atom. The van der Waals surface area contributed by atoms with E-state index in [9.17, 15) is 14.5 Å². The Morgan fingerprint density at radius 3 is 2.56 bits per heavy atom. The summed E-state index contributed by atoms with van der Waals surface area (Å²) in [6.07, 6.45) is -8.75. The highest BCUT2D eigenvalue weighted by Gasteiger charge is 2.53. The number of Topliss-reactive ketones (excluding diaryl/α,β-unsaturated/α-hetero) is 1. The molecule has 24 heteroatoms. The second kappa shape index (κ2) is 11.6. The zero-order chi connectivity index (χ0) is 31.8. The Morgan fingerprint density at radius 1 is 1.02 bits per heavy atom. The fourth-order valence-corrected chi connectivity index (χ4v) is 8.72. The van der Waals surface area contributed by atoms with Gasteiger partial charge in [0.15, 0.2) is 53.3 Å². The van der Waals surface area contributed by atoms with Gasteiger partial charge in [-0.2, -0.15) is 4.98 Å². The van der Waals surface area contributed by atoms with Crippen molar-refractivity contribution in [1.82, 2.24) is 29.1 Å². The Kier molecular flexibility index (Phi) is 8.10. The molecule has 4 N–H and O–H groups in total. The highest BCUT2D eigenvalue weighted by Crippen LogP contribution is 2.59. The van der Waals surface area contributed by atoms with Crippen LogP contribution >= 0.6 is 24.7 Å². The van der Waals surface area contributed by atoms with Gasteiger partial charge in [0.05, 0.1) is 25.9 Å². The molecule has 242 valence electrons. The smallest absolute Gasteiger partial charge is 0.325 e. The summed E-state index contributed by atoms with van der Waals surface area (Å²) in [6.45, 7) is -5.45. The number of hydrogen-bond acceptors (Lipinski definition) is 15. The van der Waals surface area contributed by atoms with Crippen molar-refractivity contribution < 1.29 is 46.0 Å². The molecule has 4 aliphatic heterocycles. The van der Waals surface area contributed by atoms with Gasteiger partial charge in [-0.1, -0.05) is 12.2 Å². The molecule has 0 saturated carbocycles. The van der Waals surface area contributed by atoms with Gasteiger partial charge in [0.2, 0.25) is 11.6 Å². The van der Waals surface area contributed by atoms with E-state index < -0.39 is 80.4 Å². The van der Waals surface area contributed by atoms with Crippen molar-refractivity contribution >= 4 is 83.2 Å². The number of anilines is 1. The summed E-state index contributed by atoms with van der Waals surface area (Å²) in [6, 6.07) is 0. The van der Waals surface area contributed by atoms with Crippen molar-refractivity contribution in [1.29, 1.82) is 0 Å². The van der Waals surface area contributed by atoms with Crippen molar-refractivity contribution in [2.24, 2.45) is 4.99 Å². The average molecular weight is 727 g/mol. The van der Waals surface area contributed by atoms with Crippen LogP contribution in [-0.4, -0.2) is 95.9 Å². The van der Waals surface area contributed by atoms with Crippen LogP contribution in [0.5, 0.6) is 0 Å². The maximum atomic E-state index is 16.0. The molecule has 0 aromatic carbocycles. The number of nitrogens with one attached hydrogen (secondary N) is 1. The quantitative estimate of drug-likeness (QED) is 0.218. The Hall–Kier alpha value is -2.07. The lowest BCUT2D eigenvalue weighted by atomic mass is 10.1. The standard InChI is InChI=1S/C21H22F2N8O9P2S3/c22-10-8-3-35-41(34,43)39-14-9(38-19(11(14)23)30-5-26-12-7(32)1-2-25-16(12)30)4-36-42(44,45)40-15(10)20(37-8)31-6-27-13-17(31)28-21(24)29-18(13)33/h2,5-6,8-11,14-15,19-20H,1,3-4H2,(H,34,43)(H,44,45)(H3,24,28,29,33)/t8-,9-,10-,11+,14-,15-,19-,20-,41?/m1/s1. The molecule has 0 amide bonds. The van der Waals surface area contributed by atoms with Gasteiger partial charge in [-0.05, 0) is 23.6 Å². The van der Waals surface area contributed by atoms with Crippen LogP contribution in [0.3, 0.4) is 0 Å². The molecule has 2 unspecified atom stereocenters. The minimum Gasteiger partial charge on any atom is -0.369 e. The van der Waals surface area contributed by atoms with E-state index in [-0.39, 0.29) is 40.8 Å². The first-order valence-electron chi connectivity index (χ1n) is 13.1. The zero-order valence-corrected chi connectivity index (χ0v) is 26.7. The molecule has 45 heavy (non-hydrogen) atoms. The minimum atomic E-state index is -4.29. The molecule has 3 fully saturated rings. The predicted octanol–water partition coefficient (Wildman–Crippen LogP) is 1.55. The van der Waals surface area contributed by atoms with E-state index in [2.05, 4.69) is 37.2 Å². The van der Waals surface area contributed by atoms with Crippen molar-refractivity contribution in [2.75, 3.05) is 18.9 Å². The number of aromatic nitrogens is 6. The van der Waals surface area contributed by atoms with Crippen LogP contribution in [0.1, 0.15) is 29.4 Å². The second-order valence-electron chi connectivity index (χ2n) is 10.2. The molecular weight excluding hydrogens is 704 g/mol. The van der Waals surface area contributed by atoms with Gasteiger partial charge in [0, 0.05) is 12.6 Å². The molecular formula is C21H22F2N8O9P2S3. The molecule has 0 aliphatic carbocycles. The lowest BCUT2D eigenvalue weighted by Crippen LogP contribution is -2.34. The number of rotatable bonds is 2. The van der Waals surface area contributed by atoms with Gasteiger partial charge >= 0.3 is 6.72 Å². The fraction of sp³-hybridized carbons (Fsp3) is 0.524. The number of nitrogen functional groups attached to an aromatic ring is 1. The first-order chi connectivity index (χ1) is 21.3. The van der Waals surface area contributed by atoms with E-state index in [1.165, 1.54) is 28.0 Å². The van der Waals surface area contributed by atoms with Crippen LogP contribution in [0, 0.1) is 0 Å². The van der Waals surface area contributed by atoms with Crippen LogP contribution in [0.4, 0.5) is 20.5 Å². The summed E-state index contributed by atoms with van der Waals surface area (Å²) in [7, 11) is 0. The first-order valence-corrected chi connectivity index (χ1v) is 19.5. The summed E-state index contributed by atoms with van der Waals surface area (Å²) >= 11 is 15.0. The lowest BCUT2D eigenvalue weighted by Gasteiger charge is -2.28. The van der Waals surface area contributed by atoms with Gasteiger partial charge < -0.3 is 33.7 Å². The number of ketones is 1. The molecule has 3 aromatic rings. The number of H-pyrrole nitrogens is 1.